The Kier molecular flexibility index (Phi) is 3.73. The van der Waals surface area contributed by atoms with Crippen molar-refractivity contribution < 1.29 is 6.11 Å². The average molecular weight is 335 g/mol. The Labute approximate surface area is 137 Å². The van der Waals surface area contributed by atoms with Gasteiger partial charge in [-0.05, 0) is 29.0 Å². The molecule has 0 amide bonds. The van der Waals surface area contributed by atoms with Crippen molar-refractivity contribution in [3.8, 4) is 11.4 Å². The lowest BCUT2D eigenvalue weighted by atomic mass is 10.2. The Balaban J connectivity index is 1.96. The molecule has 0 bridgehead atoms. The first-order valence-electron chi connectivity index (χ1n) is 7.17. The summed E-state index contributed by atoms with van der Waals surface area (Å²) in [5.74, 6) is 0.608. The van der Waals surface area contributed by atoms with Crippen LogP contribution in [0.5, 0.6) is 5.75 Å². The lowest BCUT2D eigenvalue weighted by Gasteiger charge is -2.12. The topological polar surface area (TPSA) is 87.7 Å². The van der Waals surface area contributed by atoms with Crippen LogP contribution in [0.4, 0.5) is 0 Å². The van der Waals surface area contributed by atoms with Crippen molar-refractivity contribution in [2.45, 2.75) is 13.5 Å². The fraction of sp³-hybridized carbons (Fsp3) is 0.214. The number of hydrogen-bond donors (Lipinski definition) is 0. The zero-order valence-electron chi connectivity index (χ0n) is 13.4. The lowest BCUT2D eigenvalue weighted by Crippen LogP contribution is -2.23. The molecule has 23 heavy (non-hydrogen) atoms. The molecule has 0 fully saturated rings. The molecule has 118 valence electrons. The summed E-state index contributed by atoms with van der Waals surface area (Å²) in [6.45, 7) is 1.90. The van der Waals surface area contributed by atoms with E-state index in [0.29, 0.717) is 23.0 Å². The highest BCUT2D eigenvalue weighted by Gasteiger charge is 2.16. The highest BCUT2D eigenvalue weighted by Crippen LogP contribution is 2.23. The second kappa shape index (κ2) is 6.17. The minimum Gasteiger partial charge on any atom is -0.488 e. The minimum atomic E-state index is -0.435. The number of nitrogens with zero attached hydrogens (tertiary/aromatic N) is 6. The normalized spacial score (nSPS) is 11.3. The molecular formula is C14H13ClN6O2. The SMILES string of the molecule is [3H]c1ccc(OCc2c(-n3nnn(C)c3=O)cnnc2Cl)c(C)c1. The van der Waals surface area contributed by atoms with Gasteiger partial charge in [-0.15, -0.1) is 5.10 Å². The van der Waals surface area contributed by atoms with Crippen molar-refractivity contribution in [1.82, 2.24) is 30.0 Å². The summed E-state index contributed by atoms with van der Waals surface area (Å²) in [6.07, 6.45) is 1.38. The van der Waals surface area contributed by atoms with Crippen molar-refractivity contribution in [1.29, 1.82) is 0 Å². The van der Waals surface area contributed by atoms with Gasteiger partial charge in [-0.25, -0.2) is 4.79 Å². The third-order valence-corrected chi connectivity index (χ3v) is 3.53. The van der Waals surface area contributed by atoms with E-state index < -0.39 is 5.69 Å². The average Bonchev–Trinajstić information content (AvgIpc) is 2.87. The van der Waals surface area contributed by atoms with Crippen molar-refractivity contribution >= 4 is 11.6 Å². The van der Waals surface area contributed by atoms with E-state index in [1.807, 2.05) is 6.92 Å². The van der Waals surface area contributed by atoms with Gasteiger partial charge in [0.15, 0.2) is 5.15 Å². The van der Waals surface area contributed by atoms with Crippen LogP contribution in [0.1, 0.15) is 12.5 Å². The number of tetrazole rings is 1. The monoisotopic (exact) mass is 334 g/mol. The molecule has 0 aliphatic rings. The summed E-state index contributed by atoms with van der Waals surface area (Å²) < 4.78 is 15.5. The molecule has 0 saturated heterocycles. The van der Waals surface area contributed by atoms with E-state index in [9.17, 15) is 4.79 Å². The first-order chi connectivity index (χ1) is 11.5. The third kappa shape index (κ3) is 2.93. The number of rotatable bonds is 4. The number of aromatic nitrogens is 6. The van der Waals surface area contributed by atoms with E-state index in [1.165, 1.54) is 13.2 Å². The fourth-order valence-corrected chi connectivity index (χ4v) is 2.17. The molecule has 0 aliphatic carbocycles. The molecule has 0 aliphatic heterocycles. The molecule has 0 unspecified atom stereocenters. The summed E-state index contributed by atoms with van der Waals surface area (Å²) in [7, 11) is 1.49. The van der Waals surface area contributed by atoms with E-state index in [2.05, 4.69) is 20.6 Å². The van der Waals surface area contributed by atoms with Crippen molar-refractivity contribution in [2.24, 2.45) is 7.05 Å². The Morgan fingerprint density at radius 1 is 1.39 bits per heavy atom. The Hall–Kier alpha value is -2.74. The molecule has 3 aromatic rings. The summed E-state index contributed by atoms with van der Waals surface area (Å²) in [6, 6.07) is 5.42. The molecule has 2 heterocycles. The summed E-state index contributed by atoms with van der Waals surface area (Å²) >= 11 is 6.12. The van der Waals surface area contributed by atoms with Crippen LogP contribution in [0.2, 0.25) is 5.15 Å². The second-order valence-electron chi connectivity index (χ2n) is 4.78. The number of ether oxygens (including phenoxy) is 1. The maximum atomic E-state index is 12.0. The molecule has 0 spiro atoms. The standard InChI is InChI=1S/C14H13ClN6O2/c1-9-5-3-4-6-12(9)23-8-10-11(7-16-17-13(10)15)21-14(22)20(2)18-19-21/h3-7H,8H2,1-2H3/i3T. The smallest absolute Gasteiger partial charge is 0.368 e. The summed E-state index contributed by atoms with van der Waals surface area (Å²) in [5.41, 5.74) is 1.19. The number of para-hydroxylation sites is 1. The predicted molar refractivity (Wildman–Crippen MR) is 82.7 cm³/mol. The fourth-order valence-electron chi connectivity index (χ4n) is 1.97. The van der Waals surface area contributed by atoms with Crippen LogP contribution in [0.25, 0.3) is 5.69 Å². The van der Waals surface area contributed by atoms with Crippen LogP contribution in [0.3, 0.4) is 0 Å². The highest BCUT2D eigenvalue weighted by atomic mass is 35.5. The molecule has 0 radical (unpaired) electrons. The van der Waals surface area contributed by atoms with Gasteiger partial charge in [0.25, 0.3) is 0 Å². The van der Waals surface area contributed by atoms with E-state index in [1.54, 1.807) is 18.2 Å². The maximum Gasteiger partial charge on any atom is 0.368 e. The third-order valence-electron chi connectivity index (χ3n) is 3.23. The van der Waals surface area contributed by atoms with Gasteiger partial charge in [0.2, 0.25) is 0 Å². The Morgan fingerprint density at radius 3 is 2.91 bits per heavy atom. The Bertz CT molecular complexity index is 955. The zero-order valence-corrected chi connectivity index (χ0v) is 13.2. The molecule has 2 aromatic heterocycles. The van der Waals surface area contributed by atoms with Gasteiger partial charge in [-0.2, -0.15) is 14.5 Å². The van der Waals surface area contributed by atoms with Crippen LogP contribution in [-0.4, -0.2) is 30.0 Å². The quantitative estimate of drug-likeness (QED) is 0.714. The molecular weight excluding hydrogens is 320 g/mol. The van der Waals surface area contributed by atoms with Crippen LogP contribution in [0, 0.1) is 6.92 Å². The largest absolute Gasteiger partial charge is 0.488 e. The molecule has 1 aromatic carbocycles. The molecule has 0 N–H and O–H groups in total. The second-order valence-corrected chi connectivity index (χ2v) is 5.13. The first-order valence-corrected chi connectivity index (χ1v) is 7.04. The van der Waals surface area contributed by atoms with Gasteiger partial charge in [0.05, 0.1) is 13.1 Å². The van der Waals surface area contributed by atoms with E-state index in [-0.39, 0.29) is 11.8 Å². The van der Waals surface area contributed by atoms with Crippen molar-refractivity contribution in [3.63, 3.8) is 0 Å². The van der Waals surface area contributed by atoms with Gasteiger partial charge < -0.3 is 4.74 Å². The molecule has 0 atom stereocenters. The van der Waals surface area contributed by atoms with E-state index in [4.69, 9.17) is 17.7 Å². The highest BCUT2D eigenvalue weighted by molar-refractivity contribution is 6.30. The number of hydrogen-bond acceptors (Lipinski definition) is 6. The molecule has 0 saturated carbocycles. The van der Waals surface area contributed by atoms with Crippen LogP contribution in [0.15, 0.2) is 35.2 Å². The maximum absolute atomic E-state index is 12.0. The van der Waals surface area contributed by atoms with E-state index in [0.717, 1.165) is 14.9 Å². The predicted octanol–water partition coefficient (Wildman–Crippen LogP) is 1.30. The number of aryl methyl sites for hydroxylation is 2. The molecule has 9 heteroatoms. The first kappa shape index (κ1) is 13.9. The summed E-state index contributed by atoms with van der Waals surface area (Å²) in [4.78, 5) is 12.0. The molecule has 8 nitrogen and oxygen atoms in total. The zero-order chi connectivity index (χ0) is 17.3. The van der Waals surface area contributed by atoms with Crippen molar-refractivity contribution in [2.75, 3.05) is 0 Å². The van der Waals surface area contributed by atoms with Crippen molar-refractivity contribution in [3.05, 3.63) is 57.2 Å². The van der Waals surface area contributed by atoms with Crippen LogP contribution >= 0.6 is 11.6 Å². The van der Waals surface area contributed by atoms with E-state index >= 15 is 0 Å². The lowest BCUT2D eigenvalue weighted by molar-refractivity contribution is 0.302. The Morgan fingerprint density at radius 2 is 2.22 bits per heavy atom. The van der Waals surface area contributed by atoms with Gasteiger partial charge in [0.1, 0.15) is 18.0 Å². The van der Waals surface area contributed by atoms with Gasteiger partial charge in [-0.1, -0.05) is 29.8 Å². The molecule has 3 rings (SSSR count). The number of benzene rings is 1. The summed E-state index contributed by atoms with van der Waals surface area (Å²) in [5, 5.41) is 15.1. The number of halogens is 1. The van der Waals surface area contributed by atoms with Crippen LogP contribution < -0.4 is 10.4 Å². The minimum absolute atomic E-state index is 0.0604. The van der Waals surface area contributed by atoms with Crippen LogP contribution in [-0.2, 0) is 13.7 Å². The van der Waals surface area contributed by atoms with Gasteiger partial charge in [0, 0.05) is 7.05 Å². The van der Waals surface area contributed by atoms with Gasteiger partial charge in [-0.3, -0.25) is 0 Å². The van der Waals surface area contributed by atoms with Gasteiger partial charge >= 0.3 is 5.69 Å².